The Balaban J connectivity index is 1.27. The Kier molecular flexibility index (Phi) is 4.90. The number of amides is 1. The topological polar surface area (TPSA) is 80.0 Å². The monoisotopic (exact) mass is 403 g/mol. The molecule has 2 aliphatic rings. The van der Waals surface area contributed by atoms with E-state index < -0.39 is 0 Å². The Hall–Kier alpha value is -3.29. The number of rotatable bonds is 3. The summed E-state index contributed by atoms with van der Waals surface area (Å²) in [5, 5.41) is 4.13. The van der Waals surface area contributed by atoms with Crippen molar-refractivity contribution in [2.75, 3.05) is 29.4 Å². The van der Waals surface area contributed by atoms with Crippen LogP contribution in [-0.2, 0) is 11.2 Å². The number of hydrogen-bond acceptors (Lipinski definition) is 6. The lowest BCUT2D eigenvalue weighted by Gasteiger charge is -2.37. The van der Waals surface area contributed by atoms with Gasteiger partial charge in [-0.15, -0.1) is 0 Å². The maximum Gasteiger partial charge on any atom is 0.230 e. The normalized spacial score (nSPS) is 17.1. The van der Waals surface area contributed by atoms with Gasteiger partial charge in [-0.1, -0.05) is 17.7 Å². The molecule has 1 aromatic carbocycles. The van der Waals surface area contributed by atoms with Gasteiger partial charge < -0.3 is 9.80 Å². The molecular formula is C22H25N7O. The molecule has 0 saturated carbocycles. The maximum absolute atomic E-state index is 13.3. The number of fused-ring (bicyclic) bond motifs is 1. The summed E-state index contributed by atoms with van der Waals surface area (Å²) in [5.74, 6) is 1.88. The number of aryl methyl sites for hydroxylation is 2. The van der Waals surface area contributed by atoms with Crippen molar-refractivity contribution in [3.8, 4) is 5.82 Å². The minimum Gasteiger partial charge on any atom is -0.356 e. The van der Waals surface area contributed by atoms with Crippen LogP contribution in [0.1, 0.15) is 30.4 Å². The van der Waals surface area contributed by atoms with Crippen molar-refractivity contribution in [2.45, 2.75) is 32.6 Å². The van der Waals surface area contributed by atoms with Crippen molar-refractivity contribution in [1.82, 2.24) is 24.7 Å². The van der Waals surface area contributed by atoms with Crippen LogP contribution in [0.15, 0.2) is 43.2 Å². The largest absolute Gasteiger partial charge is 0.356 e. The molecule has 4 heterocycles. The van der Waals surface area contributed by atoms with Crippen molar-refractivity contribution >= 4 is 17.4 Å². The van der Waals surface area contributed by atoms with Crippen LogP contribution in [0.4, 0.5) is 11.5 Å². The zero-order valence-electron chi connectivity index (χ0n) is 17.1. The van der Waals surface area contributed by atoms with Gasteiger partial charge in [0.15, 0.2) is 5.82 Å². The second-order valence-corrected chi connectivity index (χ2v) is 8.06. The van der Waals surface area contributed by atoms with Gasteiger partial charge >= 0.3 is 0 Å². The lowest BCUT2D eigenvalue weighted by atomic mass is 9.92. The van der Waals surface area contributed by atoms with Crippen LogP contribution >= 0.6 is 0 Å². The molecule has 1 amide bonds. The summed E-state index contributed by atoms with van der Waals surface area (Å²) in [7, 11) is 0. The molecule has 1 saturated heterocycles. The zero-order chi connectivity index (χ0) is 20.5. The molecule has 0 aliphatic carbocycles. The van der Waals surface area contributed by atoms with E-state index in [0.717, 1.165) is 56.8 Å². The Bertz CT molecular complexity index is 1040. The lowest BCUT2D eigenvalue weighted by molar-refractivity contribution is -0.123. The molecule has 3 aromatic rings. The van der Waals surface area contributed by atoms with Crippen LogP contribution < -0.4 is 9.80 Å². The summed E-state index contributed by atoms with van der Waals surface area (Å²) in [6.07, 6.45) is 8.41. The molecule has 0 bridgehead atoms. The summed E-state index contributed by atoms with van der Waals surface area (Å²) in [4.78, 5) is 30.2. The van der Waals surface area contributed by atoms with Crippen molar-refractivity contribution in [2.24, 2.45) is 5.92 Å². The number of hydrogen-bond donors (Lipinski definition) is 0. The van der Waals surface area contributed by atoms with E-state index in [1.807, 2.05) is 11.0 Å². The highest BCUT2D eigenvalue weighted by molar-refractivity contribution is 5.96. The predicted octanol–water partition coefficient (Wildman–Crippen LogP) is 2.56. The predicted molar refractivity (Wildman–Crippen MR) is 114 cm³/mol. The van der Waals surface area contributed by atoms with Crippen LogP contribution in [0.25, 0.3) is 5.82 Å². The van der Waals surface area contributed by atoms with Crippen LogP contribution in [0.5, 0.6) is 0 Å². The van der Waals surface area contributed by atoms with Crippen molar-refractivity contribution in [3.63, 3.8) is 0 Å². The summed E-state index contributed by atoms with van der Waals surface area (Å²) in [5.41, 5.74) is 3.66. The molecule has 1 fully saturated rings. The van der Waals surface area contributed by atoms with Gasteiger partial charge in [-0.05, 0) is 44.2 Å². The van der Waals surface area contributed by atoms with E-state index in [2.05, 4.69) is 50.1 Å². The first-order valence-electron chi connectivity index (χ1n) is 10.5. The minimum absolute atomic E-state index is 0.0603. The fraction of sp³-hybridized carbons (Fsp3) is 0.409. The highest BCUT2D eigenvalue weighted by Crippen LogP contribution is 2.31. The Labute approximate surface area is 175 Å². The molecule has 0 unspecified atom stereocenters. The van der Waals surface area contributed by atoms with Gasteiger partial charge in [-0.3, -0.25) is 4.79 Å². The molecule has 0 atom stereocenters. The number of piperidine rings is 1. The third-order valence-electron chi connectivity index (χ3n) is 6.08. The molecule has 0 spiro atoms. The Morgan fingerprint density at radius 1 is 1.03 bits per heavy atom. The molecule has 154 valence electrons. The SMILES string of the molecule is Cc1ccc2c(c1)CCCN2C(=O)C1CCN(c2cc(-n3cncn3)ncn2)CC1. The fourth-order valence-electron chi connectivity index (χ4n) is 4.49. The quantitative estimate of drug-likeness (QED) is 0.669. The van der Waals surface area contributed by atoms with Crippen LogP contribution in [-0.4, -0.2) is 50.3 Å². The molecular weight excluding hydrogens is 378 g/mol. The molecule has 8 nitrogen and oxygen atoms in total. The molecule has 30 heavy (non-hydrogen) atoms. The van der Waals surface area contributed by atoms with Gasteiger partial charge in [0.1, 0.15) is 24.8 Å². The molecule has 8 heteroatoms. The smallest absolute Gasteiger partial charge is 0.230 e. The first-order chi connectivity index (χ1) is 14.7. The van der Waals surface area contributed by atoms with Gasteiger partial charge in [0.05, 0.1) is 0 Å². The fourth-order valence-corrected chi connectivity index (χ4v) is 4.49. The molecule has 2 aliphatic heterocycles. The first kappa shape index (κ1) is 18.7. The zero-order valence-corrected chi connectivity index (χ0v) is 17.1. The number of benzene rings is 1. The second-order valence-electron chi connectivity index (χ2n) is 8.06. The standard InChI is InChI=1S/C22H25N7O/c1-16-4-5-19-18(11-16)3-2-8-28(19)22(30)17-6-9-27(10-7-17)20-12-21(25-14-24-20)29-15-23-13-26-29/h4-5,11-15,17H,2-3,6-10H2,1H3. The third kappa shape index (κ3) is 3.53. The average molecular weight is 403 g/mol. The van der Waals surface area contributed by atoms with Crippen LogP contribution in [0.2, 0.25) is 0 Å². The highest BCUT2D eigenvalue weighted by Gasteiger charge is 2.31. The maximum atomic E-state index is 13.3. The Morgan fingerprint density at radius 2 is 1.87 bits per heavy atom. The average Bonchev–Trinajstić information content (AvgIpc) is 3.33. The molecule has 0 N–H and O–H groups in total. The van der Waals surface area contributed by atoms with Gasteiger partial charge in [0.2, 0.25) is 5.91 Å². The van der Waals surface area contributed by atoms with Gasteiger partial charge in [-0.2, -0.15) is 5.10 Å². The second kappa shape index (κ2) is 7.85. The molecule has 2 aromatic heterocycles. The Morgan fingerprint density at radius 3 is 2.67 bits per heavy atom. The summed E-state index contributed by atoms with van der Waals surface area (Å²) in [6.45, 7) is 4.54. The summed E-state index contributed by atoms with van der Waals surface area (Å²) >= 11 is 0. The van der Waals surface area contributed by atoms with Crippen LogP contribution in [0.3, 0.4) is 0 Å². The van der Waals surface area contributed by atoms with E-state index in [-0.39, 0.29) is 11.8 Å². The van der Waals surface area contributed by atoms with Gasteiger partial charge in [-0.25, -0.2) is 19.6 Å². The number of carbonyl (C=O) groups is 1. The van der Waals surface area contributed by atoms with Crippen molar-refractivity contribution in [3.05, 3.63) is 54.4 Å². The number of nitrogens with zero attached hydrogens (tertiary/aromatic N) is 7. The third-order valence-corrected chi connectivity index (χ3v) is 6.08. The van der Waals surface area contributed by atoms with E-state index in [0.29, 0.717) is 5.82 Å². The van der Waals surface area contributed by atoms with Crippen molar-refractivity contribution < 1.29 is 4.79 Å². The number of carbonyl (C=O) groups excluding carboxylic acids is 1. The number of anilines is 2. The highest BCUT2D eigenvalue weighted by atomic mass is 16.2. The van der Waals surface area contributed by atoms with Crippen LogP contribution in [0, 0.1) is 12.8 Å². The molecule has 0 radical (unpaired) electrons. The minimum atomic E-state index is 0.0603. The lowest BCUT2D eigenvalue weighted by Crippen LogP contribution is -2.44. The molecule has 5 rings (SSSR count). The van der Waals surface area contributed by atoms with E-state index in [1.165, 1.54) is 17.5 Å². The first-order valence-corrected chi connectivity index (χ1v) is 10.5. The van der Waals surface area contributed by atoms with Gasteiger partial charge in [0.25, 0.3) is 0 Å². The van der Waals surface area contributed by atoms with E-state index in [4.69, 9.17) is 0 Å². The number of aromatic nitrogens is 5. The van der Waals surface area contributed by atoms with Gasteiger partial charge in [0, 0.05) is 37.3 Å². The summed E-state index contributed by atoms with van der Waals surface area (Å²) < 4.78 is 1.62. The summed E-state index contributed by atoms with van der Waals surface area (Å²) in [6, 6.07) is 8.36. The van der Waals surface area contributed by atoms with E-state index >= 15 is 0 Å². The van der Waals surface area contributed by atoms with E-state index in [9.17, 15) is 4.79 Å². The van der Waals surface area contributed by atoms with E-state index in [1.54, 1.807) is 17.3 Å². The van der Waals surface area contributed by atoms with Crippen molar-refractivity contribution in [1.29, 1.82) is 0 Å².